The minimum Gasteiger partial charge on any atom is -0.396 e. The van der Waals surface area contributed by atoms with E-state index in [2.05, 4.69) is 15.5 Å². The molecule has 1 heterocycles. The van der Waals surface area contributed by atoms with Crippen LogP contribution in [-0.2, 0) is 0 Å². The van der Waals surface area contributed by atoms with Crippen LogP contribution in [0.1, 0.15) is 12.8 Å². The molecule has 0 unspecified atom stereocenters. The molecule has 0 aliphatic heterocycles. The molecule has 0 radical (unpaired) electrons. The van der Waals surface area contributed by atoms with Crippen LogP contribution < -0.4 is 11.1 Å². The molecule has 4 N–H and O–H groups in total. The predicted octanol–water partition coefficient (Wildman–Crippen LogP) is 1.91. The second kappa shape index (κ2) is 6.70. The minimum absolute atomic E-state index is 0.213. The van der Waals surface area contributed by atoms with E-state index in [1.165, 1.54) is 0 Å². The monoisotopic (exact) mass is 258 g/mol. The van der Waals surface area contributed by atoms with Crippen molar-refractivity contribution in [3.63, 3.8) is 0 Å². The fraction of sp³-hybridized carbons (Fsp3) is 0.286. The summed E-state index contributed by atoms with van der Waals surface area (Å²) in [6.07, 6.45) is 1.67. The van der Waals surface area contributed by atoms with Crippen LogP contribution in [0.4, 0.5) is 11.6 Å². The molecule has 0 atom stereocenters. The number of rotatable bonds is 6. The number of nitrogens with one attached hydrogen (secondary N) is 1. The molecule has 1 aromatic heterocycles. The van der Waals surface area contributed by atoms with Gasteiger partial charge in [0.25, 0.3) is 0 Å². The van der Waals surface area contributed by atoms with Gasteiger partial charge in [0.2, 0.25) is 0 Å². The van der Waals surface area contributed by atoms with Gasteiger partial charge in [-0.05, 0) is 24.5 Å². The van der Waals surface area contributed by atoms with Crippen LogP contribution >= 0.6 is 0 Å². The van der Waals surface area contributed by atoms with Crippen molar-refractivity contribution in [2.75, 3.05) is 24.2 Å². The summed E-state index contributed by atoms with van der Waals surface area (Å²) in [6.45, 7) is 0.970. The first-order valence-corrected chi connectivity index (χ1v) is 6.34. The first kappa shape index (κ1) is 13.3. The zero-order valence-electron chi connectivity index (χ0n) is 10.7. The molecule has 0 spiro atoms. The number of aliphatic hydroxyl groups is 1. The van der Waals surface area contributed by atoms with Crippen molar-refractivity contribution < 1.29 is 5.11 Å². The van der Waals surface area contributed by atoms with E-state index in [0.717, 1.165) is 30.5 Å². The third-order valence-electron chi connectivity index (χ3n) is 2.80. The number of nitrogens with zero attached hydrogens (tertiary/aromatic N) is 2. The SMILES string of the molecule is Nc1nnc(NCCCCO)cc1-c1ccccc1. The molecule has 0 bridgehead atoms. The Bertz CT molecular complexity index is 516. The van der Waals surface area contributed by atoms with Crippen molar-refractivity contribution in [1.29, 1.82) is 0 Å². The lowest BCUT2D eigenvalue weighted by Crippen LogP contribution is -2.06. The molecule has 5 nitrogen and oxygen atoms in total. The summed E-state index contributed by atoms with van der Waals surface area (Å²) in [5, 5.41) is 19.9. The lowest BCUT2D eigenvalue weighted by atomic mass is 10.1. The largest absolute Gasteiger partial charge is 0.396 e. The highest BCUT2D eigenvalue weighted by atomic mass is 16.2. The lowest BCUT2D eigenvalue weighted by Gasteiger charge is -2.08. The van der Waals surface area contributed by atoms with Crippen LogP contribution in [0.5, 0.6) is 0 Å². The van der Waals surface area contributed by atoms with Gasteiger partial charge in [-0.25, -0.2) is 0 Å². The number of aromatic nitrogens is 2. The number of nitrogen functional groups attached to an aromatic ring is 1. The van der Waals surface area contributed by atoms with Crippen LogP contribution in [0.25, 0.3) is 11.1 Å². The van der Waals surface area contributed by atoms with Crippen molar-refractivity contribution in [1.82, 2.24) is 10.2 Å². The maximum absolute atomic E-state index is 8.72. The molecule has 0 aliphatic rings. The Balaban J connectivity index is 2.11. The van der Waals surface area contributed by atoms with Gasteiger partial charge < -0.3 is 16.2 Å². The number of aliphatic hydroxyl groups excluding tert-OH is 1. The number of hydrogen-bond donors (Lipinski definition) is 3. The fourth-order valence-corrected chi connectivity index (χ4v) is 1.79. The highest BCUT2D eigenvalue weighted by molar-refractivity contribution is 5.75. The summed E-state index contributed by atoms with van der Waals surface area (Å²) in [4.78, 5) is 0. The smallest absolute Gasteiger partial charge is 0.154 e. The Kier molecular flexibility index (Phi) is 4.69. The Labute approximate surface area is 112 Å². The molecule has 5 heteroatoms. The summed E-state index contributed by atoms with van der Waals surface area (Å²) in [6, 6.07) is 11.8. The van der Waals surface area contributed by atoms with Gasteiger partial charge in [-0.15, -0.1) is 10.2 Å². The normalized spacial score (nSPS) is 10.4. The zero-order valence-corrected chi connectivity index (χ0v) is 10.7. The van der Waals surface area contributed by atoms with E-state index >= 15 is 0 Å². The Morgan fingerprint density at radius 2 is 1.89 bits per heavy atom. The molecule has 0 fully saturated rings. The van der Waals surface area contributed by atoms with Gasteiger partial charge in [0, 0.05) is 18.7 Å². The van der Waals surface area contributed by atoms with E-state index in [4.69, 9.17) is 10.8 Å². The molecular formula is C14H18N4O. The van der Waals surface area contributed by atoms with Gasteiger partial charge in [0.05, 0.1) is 0 Å². The summed E-state index contributed by atoms with van der Waals surface area (Å²) in [7, 11) is 0. The first-order chi connectivity index (χ1) is 9.31. The number of benzene rings is 1. The molecule has 0 saturated heterocycles. The highest BCUT2D eigenvalue weighted by Gasteiger charge is 2.06. The molecule has 2 rings (SSSR count). The summed E-state index contributed by atoms with van der Waals surface area (Å²) in [5.74, 6) is 1.12. The van der Waals surface area contributed by atoms with E-state index in [1.54, 1.807) is 0 Å². The fourth-order valence-electron chi connectivity index (χ4n) is 1.79. The minimum atomic E-state index is 0.213. The van der Waals surface area contributed by atoms with Crippen LogP contribution in [-0.4, -0.2) is 28.5 Å². The molecule has 100 valence electrons. The molecule has 1 aromatic carbocycles. The number of nitrogens with two attached hydrogens (primary N) is 1. The average Bonchev–Trinajstić information content (AvgIpc) is 2.46. The second-order valence-corrected chi connectivity index (χ2v) is 4.25. The number of anilines is 2. The predicted molar refractivity (Wildman–Crippen MR) is 76.7 cm³/mol. The summed E-state index contributed by atoms with van der Waals surface area (Å²) < 4.78 is 0. The summed E-state index contributed by atoms with van der Waals surface area (Å²) in [5.41, 5.74) is 7.76. The van der Waals surface area contributed by atoms with E-state index in [9.17, 15) is 0 Å². The van der Waals surface area contributed by atoms with E-state index < -0.39 is 0 Å². The Morgan fingerprint density at radius 3 is 2.63 bits per heavy atom. The standard InChI is InChI=1S/C14H18N4O/c15-14-12(11-6-2-1-3-7-11)10-13(17-18-14)16-8-4-5-9-19/h1-3,6-7,10,19H,4-5,8-9H2,(H2,15,18)(H,16,17). The number of unbranched alkanes of at least 4 members (excludes halogenated alkanes) is 1. The molecule has 0 saturated carbocycles. The third kappa shape index (κ3) is 3.66. The van der Waals surface area contributed by atoms with Gasteiger partial charge in [-0.1, -0.05) is 30.3 Å². The van der Waals surface area contributed by atoms with Crippen molar-refractivity contribution in [3.8, 4) is 11.1 Å². The third-order valence-corrected chi connectivity index (χ3v) is 2.80. The van der Waals surface area contributed by atoms with Gasteiger partial charge in [-0.3, -0.25) is 0 Å². The van der Waals surface area contributed by atoms with Crippen molar-refractivity contribution in [2.45, 2.75) is 12.8 Å². The number of hydrogen-bond acceptors (Lipinski definition) is 5. The molecule has 2 aromatic rings. The van der Waals surface area contributed by atoms with Crippen molar-refractivity contribution >= 4 is 11.6 Å². The Hall–Kier alpha value is -2.14. The second-order valence-electron chi connectivity index (χ2n) is 4.25. The zero-order chi connectivity index (χ0) is 13.5. The van der Waals surface area contributed by atoms with Crippen LogP contribution in [0.3, 0.4) is 0 Å². The molecule has 19 heavy (non-hydrogen) atoms. The van der Waals surface area contributed by atoms with Gasteiger partial charge in [-0.2, -0.15) is 0 Å². The highest BCUT2D eigenvalue weighted by Crippen LogP contribution is 2.25. The maximum Gasteiger partial charge on any atom is 0.154 e. The van der Waals surface area contributed by atoms with Crippen molar-refractivity contribution in [3.05, 3.63) is 36.4 Å². The molecule has 0 aliphatic carbocycles. The lowest BCUT2D eigenvalue weighted by molar-refractivity contribution is 0.286. The van der Waals surface area contributed by atoms with Crippen LogP contribution in [0, 0.1) is 0 Å². The Morgan fingerprint density at radius 1 is 1.11 bits per heavy atom. The van der Waals surface area contributed by atoms with E-state index in [1.807, 2.05) is 36.4 Å². The van der Waals surface area contributed by atoms with E-state index in [-0.39, 0.29) is 6.61 Å². The molecular weight excluding hydrogens is 240 g/mol. The van der Waals surface area contributed by atoms with Gasteiger partial charge in [0.15, 0.2) is 5.82 Å². The first-order valence-electron chi connectivity index (χ1n) is 6.34. The van der Waals surface area contributed by atoms with E-state index in [0.29, 0.717) is 11.6 Å². The van der Waals surface area contributed by atoms with Gasteiger partial charge in [0.1, 0.15) is 5.82 Å². The van der Waals surface area contributed by atoms with Crippen molar-refractivity contribution in [2.24, 2.45) is 0 Å². The maximum atomic E-state index is 8.72. The molecule has 0 amide bonds. The van der Waals surface area contributed by atoms with Crippen LogP contribution in [0.2, 0.25) is 0 Å². The van der Waals surface area contributed by atoms with Gasteiger partial charge >= 0.3 is 0 Å². The average molecular weight is 258 g/mol. The summed E-state index contributed by atoms with van der Waals surface area (Å²) >= 11 is 0. The quantitative estimate of drug-likeness (QED) is 0.689. The van der Waals surface area contributed by atoms with Crippen LogP contribution in [0.15, 0.2) is 36.4 Å². The topological polar surface area (TPSA) is 84.1 Å².